The van der Waals surface area contributed by atoms with Crippen LogP contribution in [0.1, 0.15) is 73.7 Å². The summed E-state index contributed by atoms with van der Waals surface area (Å²) in [6, 6.07) is 14.1. The molecule has 48 heavy (non-hydrogen) atoms. The molecule has 1 aliphatic carbocycles. The Morgan fingerprint density at radius 3 is 2.38 bits per heavy atom. The van der Waals surface area contributed by atoms with E-state index in [4.69, 9.17) is 4.74 Å². The molecule has 3 aliphatic rings. The largest absolute Gasteiger partial charge is 0.493 e. The third-order valence-electron chi connectivity index (χ3n) is 9.37. The molecular formula is C36H48N6O6. The number of para-hydroxylation sites is 1. The number of fused-ring (bicyclic) bond motifs is 1. The zero-order chi connectivity index (χ0) is 33.8. The van der Waals surface area contributed by atoms with Crippen LogP contribution in [0.4, 0.5) is 0 Å². The summed E-state index contributed by atoms with van der Waals surface area (Å²) in [5.74, 6) is -2.02. The Morgan fingerprint density at radius 2 is 1.60 bits per heavy atom. The molecule has 5 rings (SSSR count). The Bertz CT molecular complexity index is 1420. The molecule has 1 saturated heterocycles. The van der Waals surface area contributed by atoms with E-state index in [9.17, 15) is 24.0 Å². The molecule has 2 atom stereocenters. The molecule has 12 heteroatoms. The highest BCUT2D eigenvalue weighted by Crippen LogP contribution is 2.30. The Hall–Kier alpha value is -4.45. The topological polar surface area (TPSA) is 158 Å². The van der Waals surface area contributed by atoms with Gasteiger partial charge < -0.3 is 36.2 Å². The van der Waals surface area contributed by atoms with Crippen LogP contribution in [0.15, 0.2) is 54.6 Å². The van der Waals surface area contributed by atoms with Crippen molar-refractivity contribution in [2.75, 3.05) is 39.3 Å². The maximum Gasteiger partial charge on any atom is 0.255 e. The van der Waals surface area contributed by atoms with Crippen molar-refractivity contribution in [2.45, 2.75) is 81.8 Å². The van der Waals surface area contributed by atoms with Gasteiger partial charge in [0.05, 0.1) is 18.6 Å². The molecule has 2 heterocycles. The van der Waals surface area contributed by atoms with Crippen molar-refractivity contribution in [3.05, 3.63) is 65.7 Å². The number of likely N-dealkylation sites (tertiary alicyclic amines) is 1. The Balaban J connectivity index is 1.37. The molecule has 0 bridgehead atoms. The highest BCUT2D eigenvalue weighted by Gasteiger charge is 2.44. The molecule has 1 saturated carbocycles. The van der Waals surface area contributed by atoms with E-state index < -0.39 is 41.3 Å². The van der Waals surface area contributed by atoms with Gasteiger partial charge in [-0.3, -0.25) is 24.0 Å². The lowest BCUT2D eigenvalue weighted by Gasteiger charge is -2.32. The van der Waals surface area contributed by atoms with Crippen LogP contribution in [0.5, 0.6) is 5.75 Å². The number of nitrogens with one attached hydrogen (secondary N) is 5. The predicted molar refractivity (Wildman–Crippen MR) is 180 cm³/mol. The summed E-state index contributed by atoms with van der Waals surface area (Å²) >= 11 is 0. The van der Waals surface area contributed by atoms with Crippen LogP contribution in [-0.2, 0) is 25.6 Å². The van der Waals surface area contributed by atoms with Crippen LogP contribution in [0.2, 0.25) is 0 Å². The lowest BCUT2D eigenvalue weighted by Crippen LogP contribution is -2.62. The molecule has 2 aromatic carbocycles. The van der Waals surface area contributed by atoms with Gasteiger partial charge in [0.1, 0.15) is 23.4 Å². The summed E-state index contributed by atoms with van der Waals surface area (Å²) < 4.78 is 5.92. The Morgan fingerprint density at radius 1 is 0.875 bits per heavy atom. The van der Waals surface area contributed by atoms with E-state index in [0.29, 0.717) is 38.1 Å². The molecule has 2 fully saturated rings. The zero-order valence-corrected chi connectivity index (χ0v) is 27.6. The molecule has 0 aromatic heterocycles. The van der Waals surface area contributed by atoms with Gasteiger partial charge in [0.2, 0.25) is 23.6 Å². The summed E-state index contributed by atoms with van der Waals surface area (Å²) in [6.45, 7) is 3.52. The van der Waals surface area contributed by atoms with Gasteiger partial charge >= 0.3 is 0 Å². The average molecular weight is 661 g/mol. The molecule has 2 aliphatic heterocycles. The van der Waals surface area contributed by atoms with Crippen molar-refractivity contribution in [1.82, 2.24) is 31.5 Å². The van der Waals surface area contributed by atoms with Crippen LogP contribution in [-0.4, -0.2) is 91.4 Å². The van der Waals surface area contributed by atoms with Crippen molar-refractivity contribution in [3.8, 4) is 5.75 Å². The number of nitrogens with zero attached hydrogens (tertiary/aromatic N) is 1. The number of piperidine rings is 1. The van der Waals surface area contributed by atoms with E-state index in [0.717, 1.165) is 44.3 Å². The van der Waals surface area contributed by atoms with Gasteiger partial charge in [0.15, 0.2) is 0 Å². The van der Waals surface area contributed by atoms with E-state index in [-0.39, 0.29) is 37.5 Å². The van der Waals surface area contributed by atoms with Gasteiger partial charge in [0.25, 0.3) is 5.91 Å². The minimum absolute atomic E-state index is 0.215. The molecule has 2 aromatic rings. The van der Waals surface area contributed by atoms with E-state index in [2.05, 4.69) is 31.5 Å². The van der Waals surface area contributed by atoms with Crippen molar-refractivity contribution in [1.29, 1.82) is 0 Å². The summed E-state index contributed by atoms with van der Waals surface area (Å²) in [4.78, 5) is 70.4. The highest BCUT2D eigenvalue weighted by molar-refractivity contribution is 6.01. The lowest BCUT2D eigenvalue weighted by molar-refractivity contribution is -0.136. The second-order valence-electron chi connectivity index (χ2n) is 13.0. The maximum atomic E-state index is 13.9. The van der Waals surface area contributed by atoms with Gasteiger partial charge in [-0.1, -0.05) is 61.7 Å². The minimum Gasteiger partial charge on any atom is -0.493 e. The molecule has 12 nitrogen and oxygen atoms in total. The van der Waals surface area contributed by atoms with Crippen molar-refractivity contribution in [3.63, 3.8) is 0 Å². The normalized spacial score (nSPS) is 22.9. The van der Waals surface area contributed by atoms with Gasteiger partial charge in [-0.15, -0.1) is 0 Å². The van der Waals surface area contributed by atoms with E-state index >= 15 is 0 Å². The monoisotopic (exact) mass is 660 g/mol. The quantitative estimate of drug-likeness (QED) is 0.316. The van der Waals surface area contributed by atoms with Crippen molar-refractivity contribution < 1.29 is 28.7 Å². The number of benzene rings is 2. The van der Waals surface area contributed by atoms with Gasteiger partial charge in [-0.25, -0.2) is 0 Å². The fraction of sp³-hybridized carbons (Fsp3) is 0.528. The van der Waals surface area contributed by atoms with Crippen LogP contribution < -0.4 is 31.3 Å². The number of hydrogen-bond acceptors (Lipinski definition) is 7. The third-order valence-corrected chi connectivity index (χ3v) is 9.37. The second kappa shape index (κ2) is 17.1. The van der Waals surface area contributed by atoms with Crippen LogP contribution in [0.3, 0.4) is 0 Å². The zero-order valence-electron chi connectivity index (χ0n) is 27.6. The molecule has 5 amide bonds. The average Bonchev–Trinajstić information content (AvgIpc) is 3.57. The predicted octanol–water partition coefficient (Wildman–Crippen LogP) is 1.83. The Labute approximate surface area is 282 Å². The van der Waals surface area contributed by atoms with Crippen LogP contribution in [0.25, 0.3) is 0 Å². The number of hydrogen-bond donors (Lipinski definition) is 5. The molecule has 1 spiro atoms. The number of ether oxygens (including phenoxy) is 1. The van der Waals surface area contributed by atoms with Crippen molar-refractivity contribution in [2.24, 2.45) is 0 Å². The molecule has 0 unspecified atom stereocenters. The molecule has 5 N–H and O–H groups in total. The van der Waals surface area contributed by atoms with E-state index in [1.165, 1.54) is 6.42 Å². The summed E-state index contributed by atoms with van der Waals surface area (Å²) in [5.41, 5.74) is -0.129. The number of carbonyl (C=O) groups excluding carboxylic acids is 5. The second-order valence-corrected chi connectivity index (χ2v) is 13.0. The van der Waals surface area contributed by atoms with Gasteiger partial charge in [-0.05, 0) is 62.9 Å². The summed E-state index contributed by atoms with van der Waals surface area (Å²) in [7, 11) is 0. The van der Waals surface area contributed by atoms with Crippen molar-refractivity contribution >= 4 is 29.5 Å². The molecule has 258 valence electrons. The van der Waals surface area contributed by atoms with E-state index in [1.54, 1.807) is 24.3 Å². The summed E-state index contributed by atoms with van der Waals surface area (Å²) in [5, 5.41) is 14.4. The maximum absolute atomic E-state index is 13.9. The fourth-order valence-electron chi connectivity index (χ4n) is 6.70. The van der Waals surface area contributed by atoms with E-state index in [1.807, 2.05) is 30.3 Å². The molecule has 0 radical (unpaired) electrons. The lowest BCUT2D eigenvalue weighted by atomic mass is 9.94. The first kappa shape index (κ1) is 34.9. The Kier molecular flexibility index (Phi) is 12.4. The summed E-state index contributed by atoms with van der Waals surface area (Å²) in [6.07, 6.45) is 6.05. The first-order valence-corrected chi connectivity index (χ1v) is 17.3. The number of carbonyl (C=O) groups is 5. The molecular weight excluding hydrogens is 612 g/mol. The van der Waals surface area contributed by atoms with Crippen LogP contribution >= 0.6 is 0 Å². The first-order valence-electron chi connectivity index (χ1n) is 17.3. The number of amides is 5. The fourth-order valence-corrected chi connectivity index (χ4v) is 6.70. The van der Waals surface area contributed by atoms with Gasteiger partial charge in [-0.2, -0.15) is 0 Å². The first-order chi connectivity index (χ1) is 23.3. The van der Waals surface area contributed by atoms with Gasteiger partial charge in [0, 0.05) is 26.1 Å². The minimum atomic E-state index is -1.24. The third kappa shape index (κ3) is 9.56. The van der Waals surface area contributed by atoms with Crippen LogP contribution in [0, 0.1) is 0 Å². The SMILES string of the molecule is O=C1C[C@@H](C(=O)NCCN2CCCCC2)NC(=O)c2ccccc2OCCCNC(=O)[C@H](Cc2ccccc2)NC(=O)C2(CCCC2)N1. The highest BCUT2D eigenvalue weighted by atomic mass is 16.5. The smallest absolute Gasteiger partial charge is 0.255 e. The number of rotatable bonds is 6. The standard InChI is InChI=1S/C36H48N6O6/c43-31-25-29(34(46)38-19-22-42-20-9-2-10-21-42)39-32(44)27-14-5-6-15-30(27)48-23-11-18-37-33(45)28(24-26-12-3-1-4-13-26)40-35(47)36(41-31)16-7-8-17-36/h1,3-6,12-15,28-29H,2,7-11,16-25H2,(H,37,45)(H,38,46)(H,39,44)(H,40,47)(H,41,43)/t28-,29-/m0/s1.